The number of amides is 1. The number of aromatic nitrogens is 1. The quantitative estimate of drug-likeness (QED) is 0.890. The first-order valence-corrected chi connectivity index (χ1v) is 7.24. The molecular weight excluding hydrogens is 273 g/mol. The van der Waals surface area contributed by atoms with E-state index in [9.17, 15) is 9.18 Å². The first-order valence-electron chi connectivity index (χ1n) is 7.24. The van der Waals surface area contributed by atoms with Crippen LogP contribution >= 0.6 is 0 Å². The van der Waals surface area contributed by atoms with E-state index in [4.69, 9.17) is 4.74 Å². The second-order valence-electron chi connectivity index (χ2n) is 5.61. The molecule has 1 fully saturated rings. The van der Waals surface area contributed by atoms with Crippen LogP contribution in [0.1, 0.15) is 25.8 Å². The number of carbonyl (C=O) groups excluding carboxylic acids is 1. The van der Waals surface area contributed by atoms with Crippen LogP contribution in [0.2, 0.25) is 0 Å². The zero-order valence-electron chi connectivity index (χ0n) is 12.6. The van der Waals surface area contributed by atoms with Crippen molar-refractivity contribution in [3.8, 4) is 0 Å². The molecular formula is C15H22FN3O2. The predicted octanol–water partition coefficient (Wildman–Crippen LogP) is 1.34. The molecule has 1 unspecified atom stereocenters. The van der Waals surface area contributed by atoms with Crippen LogP contribution in [0.15, 0.2) is 18.5 Å². The number of carbonyl (C=O) groups is 1. The first-order chi connectivity index (χ1) is 10.0. The van der Waals surface area contributed by atoms with Crippen molar-refractivity contribution in [2.45, 2.75) is 32.4 Å². The topological polar surface area (TPSA) is 54.5 Å². The lowest BCUT2D eigenvalue weighted by molar-refractivity contribution is -0.129. The maximum Gasteiger partial charge on any atom is 0.234 e. The Morgan fingerprint density at radius 1 is 1.62 bits per heavy atom. The number of hydrogen-bond acceptors (Lipinski definition) is 4. The summed E-state index contributed by atoms with van der Waals surface area (Å²) in [6, 6.07) is 1.57. The van der Waals surface area contributed by atoms with Gasteiger partial charge in [0.15, 0.2) is 0 Å². The largest absolute Gasteiger partial charge is 0.373 e. The van der Waals surface area contributed by atoms with Gasteiger partial charge in [-0.2, -0.15) is 0 Å². The standard InChI is InChI=1S/C15H22FN3O2/c1-3-15(2)11-19(6-7-21-15)10-14(20)18-8-12-4-5-17-9-13(12)16/h4-5,9H,3,6-8,10-11H2,1-2H3,(H,18,20). The van der Waals surface area contributed by atoms with Crippen molar-refractivity contribution < 1.29 is 13.9 Å². The molecule has 21 heavy (non-hydrogen) atoms. The monoisotopic (exact) mass is 295 g/mol. The molecule has 2 rings (SSSR count). The van der Waals surface area contributed by atoms with Crippen molar-refractivity contribution in [1.82, 2.24) is 15.2 Å². The van der Waals surface area contributed by atoms with Crippen LogP contribution in [0, 0.1) is 5.82 Å². The van der Waals surface area contributed by atoms with E-state index in [2.05, 4.69) is 29.0 Å². The van der Waals surface area contributed by atoms with Crippen molar-refractivity contribution in [1.29, 1.82) is 0 Å². The Balaban J connectivity index is 1.81. The number of hydrogen-bond donors (Lipinski definition) is 1. The van der Waals surface area contributed by atoms with Crippen LogP contribution in [-0.2, 0) is 16.1 Å². The van der Waals surface area contributed by atoms with Gasteiger partial charge in [0, 0.05) is 31.4 Å². The lowest BCUT2D eigenvalue weighted by Gasteiger charge is -2.39. The number of pyridine rings is 1. The molecule has 6 heteroatoms. The molecule has 116 valence electrons. The van der Waals surface area contributed by atoms with Crippen LogP contribution < -0.4 is 5.32 Å². The van der Waals surface area contributed by atoms with Gasteiger partial charge in [-0.25, -0.2) is 4.39 Å². The Hall–Kier alpha value is -1.53. The molecule has 5 nitrogen and oxygen atoms in total. The summed E-state index contributed by atoms with van der Waals surface area (Å²) in [6.45, 7) is 6.75. The number of ether oxygens (including phenoxy) is 1. The summed E-state index contributed by atoms with van der Waals surface area (Å²) in [4.78, 5) is 17.7. The minimum Gasteiger partial charge on any atom is -0.373 e. The molecule has 0 aromatic carbocycles. The van der Waals surface area contributed by atoms with Crippen molar-refractivity contribution in [3.05, 3.63) is 29.8 Å². The Morgan fingerprint density at radius 3 is 3.14 bits per heavy atom. The van der Waals surface area contributed by atoms with Gasteiger partial charge >= 0.3 is 0 Å². The van der Waals surface area contributed by atoms with E-state index in [1.54, 1.807) is 6.07 Å². The smallest absolute Gasteiger partial charge is 0.234 e. The summed E-state index contributed by atoms with van der Waals surface area (Å²) < 4.78 is 19.1. The van der Waals surface area contributed by atoms with Crippen molar-refractivity contribution in [2.24, 2.45) is 0 Å². The van der Waals surface area contributed by atoms with Crippen LogP contribution in [0.4, 0.5) is 4.39 Å². The molecule has 2 heterocycles. The van der Waals surface area contributed by atoms with Crippen molar-refractivity contribution in [2.75, 3.05) is 26.2 Å². The highest BCUT2D eigenvalue weighted by molar-refractivity contribution is 5.78. The molecule has 1 N–H and O–H groups in total. The third-order valence-corrected chi connectivity index (χ3v) is 3.86. The normalized spacial score (nSPS) is 23.0. The Bertz CT molecular complexity index is 498. The lowest BCUT2D eigenvalue weighted by atomic mass is 10.0. The van der Waals surface area contributed by atoms with E-state index < -0.39 is 5.82 Å². The van der Waals surface area contributed by atoms with Gasteiger partial charge in [-0.3, -0.25) is 14.7 Å². The summed E-state index contributed by atoms with van der Waals surface area (Å²) in [5.74, 6) is -0.505. The lowest BCUT2D eigenvalue weighted by Crippen LogP contribution is -2.52. The molecule has 1 saturated heterocycles. The second kappa shape index (κ2) is 6.95. The minimum atomic E-state index is -0.400. The molecule has 1 aliphatic heterocycles. The zero-order valence-corrected chi connectivity index (χ0v) is 12.6. The van der Waals surface area contributed by atoms with Gasteiger partial charge < -0.3 is 10.1 Å². The summed E-state index contributed by atoms with van der Waals surface area (Å²) in [7, 11) is 0. The van der Waals surface area contributed by atoms with E-state index in [1.807, 2.05) is 0 Å². The highest BCUT2D eigenvalue weighted by Crippen LogP contribution is 2.20. The summed E-state index contributed by atoms with van der Waals surface area (Å²) in [6.07, 6.45) is 3.57. The average Bonchev–Trinajstić information content (AvgIpc) is 2.46. The highest BCUT2D eigenvalue weighted by atomic mass is 19.1. The average molecular weight is 295 g/mol. The van der Waals surface area contributed by atoms with Gasteiger partial charge in [0.05, 0.1) is 24.9 Å². The number of nitrogens with zero attached hydrogens (tertiary/aromatic N) is 2. The molecule has 1 amide bonds. The van der Waals surface area contributed by atoms with Gasteiger partial charge in [-0.1, -0.05) is 6.92 Å². The van der Waals surface area contributed by atoms with E-state index in [1.165, 1.54) is 6.20 Å². The maximum absolute atomic E-state index is 13.4. The molecule has 1 aliphatic rings. The van der Waals surface area contributed by atoms with Crippen molar-refractivity contribution >= 4 is 5.91 Å². The highest BCUT2D eigenvalue weighted by Gasteiger charge is 2.30. The number of halogens is 1. The molecule has 0 spiro atoms. The Morgan fingerprint density at radius 2 is 2.43 bits per heavy atom. The molecule has 1 aromatic heterocycles. The van der Waals surface area contributed by atoms with E-state index >= 15 is 0 Å². The third kappa shape index (κ3) is 4.47. The summed E-state index contributed by atoms with van der Waals surface area (Å²) >= 11 is 0. The number of nitrogens with one attached hydrogen (secondary N) is 1. The molecule has 0 radical (unpaired) electrons. The number of morpholine rings is 1. The zero-order chi connectivity index (χ0) is 15.3. The van der Waals surface area contributed by atoms with E-state index in [-0.39, 0.29) is 18.1 Å². The van der Waals surface area contributed by atoms with Gasteiger partial charge in [-0.05, 0) is 19.4 Å². The molecule has 0 saturated carbocycles. The summed E-state index contributed by atoms with van der Waals surface area (Å²) in [5, 5.41) is 2.74. The fourth-order valence-corrected chi connectivity index (χ4v) is 2.37. The van der Waals surface area contributed by atoms with Crippen LogP contribution in [0.25, 0.3) is 0 Å². The number of rotatable bonds is 5. The SMILES string of the molecule is CCC1(C)CN(CC(=O)NCc2ccncc2F)CCO1. The van der Waals surface area contributed by atoms with Crippen LogP contribution in [0.5, 0.6) is 0 Å². The van der Waals surface area contributed by atoms with Gasteiger partial charge in [0.25, 0.3) is 0 Å². The minimum absolute atomic E-state index is 0.105. The second-order valence-corrected chi connectivity index (χ2v) is 5.61. The Labute approximate surface area is 124 Å². The van der Waals surface area contributed by atoms with Gasteiger partial charge in [0.1, 0.15) is 5.82 Å². The van der Waals surface area contributed by atoms with Crippen molar-refractivity contribution in [3.63, 3.8) is 0 Å². The first kappa shape index (κ1) is 15.9. The Kier molecular flexibility index (Phi) is 5.25. The fraction of sp³-hybridized carbons (Fsp3) is 0.600. The van der Waals surface area contributed by atoms with Gasteiger partial charge in [0.2, 0.25) is 5.91 Å². The van der Waals surface area contributed by atoms with Crippen LogP contribution in [-0.4, -0.2) is 47.6 Å². The fourth-order valence-electron chi connectivity index (χ4n) is 2.37. The molecule has 0 bridgehead atoms. The molecule has 0 aliphatic carbocycles. The predicted molar refractivity (Wildman–Crippen MR) is 77.1 cm³/mol. The van der Waals surface area contributed by atoms with E-state index in [0.717, 1.165) is 25.7 Å². The summed E-state index contributed by atoms with van der Waals surface area (Å²) in [5.41, 5.74) is 0.258. The molecule has 1 aromatic rings. The van der Waals surface area contributed by atoms with Gasteiger partial charge in [-0.15, -0.1) is 0 Å². The maximum atomic E-state index is 13.4. The molecule has 1 atom stereocenters. The third-order valence-electron chi connectivity index (χ3n) is 3.86. The van der Waals surface area contributed by atoms with Crippen LogP contribution in [0.3, 0.4) is 0 Å². The van der Waals surface area contributed by atoms with E-state index in [0.29, 0.717) is 18.7 Å².